The molecule has 6 heteroatoms. The molecule has 0 aromatic carbocycles. The molecule has 1 aromatic heterocycles. The summed E-state index contributed by atoms with van der Waals surface area (Å²) in [7, 11) is 0. The van der Waals surface area contributed by atoms with Gasteiger partial charge in [0.05, 0.1) is 19.2 Å². The molecular formula is C9H14N2O4. The van der Waals surface area contributed by atoms with Crippen LogP contribution in [0.1, 0.15) is 19.6 Å². The smallest absolute Gasteiger partial charge is 0.404 e. The molecule has 0 atom stereocenters. The fraction of sp³-hybridized carbons (Fsp3) is 0.556. The van der Waals surface area contributed by atoms with Crippen molar-refractivity contribution in [1.82, 2.24) is 5.32 Å². The highest BCUT2D eigenvalue weighted by Crippen LogP contribution is 2.16. The van der Waals surface area contributed by atoms with E-state index in [9.17, 15) is 10.1 Å². The van der Waals surface area contributed by atoms with Crippen molar-refractivity contribution in [2.75, 3.05) is 6.61 Å². The minimum absolute atomic E-state index is 0.0181. The van der Waals surface area contributed by atoms with Gasteiger partial charge in [-0.05, 0) is 19.9 Å². The predicted octanol–water partition coefficient (Wildman–Crippen LogP) is 1.05. The van der Waals surface area contributed by atoms with Crippen LogP contribution >= 0.6 is 0 Å². The van der Waals surface area contributed by atoms with E-state index >= 15 is 0 Å². The van der Waals surface area contributed by atoms with E-state index in [0.29, 0.717) is 12.3 Å². The lowest BCUT2D eigenvalue weighted by Crippen LogP contribution is -2.41. The summed E-state index contributed by atoms with van der Waals surface area (Å²) in [6, 6.07) is 2.85. The van der Waals surface area contributed by atoms with Gasteiger partial charge in [0.2, 0.25) is 0 Å². The topological polar surface area (TPSA) is 88.5 Å². The summed E-state index contributed by atoms with van der Waals surface area (Å²) < 4.78 is 4.94. The van der Waals surface area contributed by atoms with Crippen molar-refractivity contribution in [1.29, 1.82) is 0 Å². The predicted molar refractivity (Wildman–Crippen MR) is 53.4 cm³/mol. The average Bonchev–Trinajstić information content (AvgIpc) is 2.63. The van der Waals surface area contributed by atoms with Crippen LogP contribution in [0.2, 0.25) is 0 Å². The minimum atomic E-state index is -0.583. The van der Waals surface area contributed by atoms with E-state index in [1.165, 1.54) is 6.07 Å². The van der Waals surface area contributed by atoms with E-state index in [-0.39, 0.29) is 12.5 Å². The normalized spacial score (nSPS) is 11.7. The van der Waals surface area contributed by atoms with Crippen LogP contribution in [0.15, 0.2) is 16.5 Å². The Kier molecular flexibility index (Phi) is 3.43. The fourth-order valence-electron chi connectivity index (χ4n) is 0.942. The van der Waals surface area contributed by atoms with Gasteiger partial charge in [-0.1, -0.05) is 0 Å². The van der Waals surface area contributed by atoms with Crippen LogP contribution in [-0.2, 0) is 6.54 Å². The molecule has 15 heavy (non-hydrogen) atoms. The summed E-state index contributed by atoms with van der Waals surface area (Å²) in [6.07, 6.45) is 0. The molecular weight excluding hydrogens is 200 g/mol. The molecule has 0 bridgehead atoms. The zero-order chi connectivity index (χ0) is 11.5. The van der Waals surface area contributed by atoms with Crippen molar-refractivity contribution in [3.05, 3.63) is 28.0 Å². The number of furan rings is 1. The Hall–Kier alpha value is -1.40. The zero-order valence-electron chi connectivity index (χ0n) is 8.69. The van der Waals surface area contributed by atoms with Gasteiger partial charge in [0.25, 0.3) is 0 Å². The highest BCUT2D eigenvalue weighted by atomic mass is 16.6. The standard InChI is InChI=1S/C9H14N2O4/c1-9(2,6-12)10-5-7-3-4-8(15-7)11(13)14/h3-4,10,12H,5-6H2,1-2H3. The van der Waals surface area contributed by atoms with E-state index in [0.717, 1.165) is 0 Å². The molecule has 0 saturated carbocycles. The molecule has 0 aliphatic carbocycles. The Labute approximate surface area is 87.0 Å². The number of aliphatic hydroxyl groups excluding tert-OH is 1. The minimum Gasteiger partial charge on any atom is -0.404 e. The maximum atomic E-state index is 10.3. The molecule has 0 radical (unpaired) electrons. The third-order valence-electron chi connectivity index (χ3n) is 1.96. The lowest BCUT2D eigenvalue weighted by atomic mass is 10.1. The molecule has 0 unspecified atom stereocenters. The van der Waals surface area contributed by atoms with Gasteiger partial charge < -0.3 is 14.8 Å². The first-order chi connectivity index (χ1) is 6.94. The summed E-state index contributed by atoms with van der Waals surface area (Å²) in [5.74, 6) is 0.205. The Morgan fingerprint density at radius 1 is 1.60 bits per heavy atom. The highest BCUT2D eigenvalue weighted by molar-refractivity contribution is 5.17. The second kappa shape index (κ2) is 4.41. The summed E-state index contributed by atoms with van der Waals surface area (Å²) in [5.41, 5.74) is -0.429. The lowest BCUT2D eigenvalue weighted by Gasteiger charge is -2.22. The molecule has 0 amide bonds. The van der Waals surface area contributed by atoms with Crippen LogP contribution in [0.25, 0.3) is 0 Å². The van der Waals surface area contributed by atoms with Gasteiger partial charge in [-0.25, -0.2) is 0 Å². The van der Waals surface area contributed by atoms with Gasteiger partial charge in [0, 0.05) is 5.54 Å². The number of nitro groups is 1. The molecule has 2 N–H and O–H groups in total. The molecule has 1 heterocycles. The number of nitrogens with zero attached hydrogens (tertiary/aromatic N) is 1. The first-order valence-electron chi connectivity index (χ1n) is 4.53. The maximum absolute atomic E-state index is 10.3. The highest BCUT2D eigenvalue weighted by Gasteiger charge is 2.17. The van der Waals surface area contributed by atoms with Crippen LogP contribution in [0.5, 0.6) is 0 Å². The molecule has 0 aliphatic heterocycles. The van der Waals surface area contributed by atoms with Crippen LogP contribution in [-0.4, -0.2) is 22.2 Å². The molecule has 1 rings (SSSR count). The number of rotatable bonds is 5. The SMILES string of the molecule is CC(C)(CO)NCc1ccc([N+](=O)[O-])o1. The number of hydrogen-bond donors (Lipinski definition) is 2. The largest absolute Gasteiger partial charge is 0.433 e. The summed E-state index contributed by atoms with van der Waals surface area (Å²) >= 11 is 0. The second-order valence-electron chi connectivity index (χ2n) is 3.89. The van der Waals surface area contributed by atoms with Gasteiger partial charge in [-0.2, -0.15) is 0 Å². The van der Waals surface area contributed by atoms with Crippen LogP contribution in [0, 0.1) is 10.1 Å². The van der Waals surface area contributed by atoms with E-state index in [1.807, 2.05) is 13.8 Å². The van der Waals surface area contributed by atoms with Crippen molar-refractivity contribution >= 4 is 5.88 Å². The van der Waals surface area contributed by atoms with Gasteiger partial charge in [0.15, 0.2) is 0 Å². The Morgan fingerprint density at radius 3 is 2.73 bits per heavy atom. The molecule has 0 aliphatic rings. The van der Waals surface area contributed by atoms with E-state index in [4.69, 9.17) is 9.52 Å². The summed E-state index contributed by atoms with van der Waals surface area (Å²) in [5, 5.41) is 22.3. The van der Waals surface area contributed by atoms with Crippen molar-refractivity contribution in [3.63, 3.8) is 0 Å². The van der Waals surface area contributed by atoms with Gasteiger partial charge in [0.1, 0.15) is 10.7 Å². The Bertz CT molecular complexity index is 346. The molecule has 1 aromatic rings. The van der Waals surface area contributed by atoms with Crippen LogP contribution in [0.3, 0.4) is 0 Å². The van der Waals surface area contributed by atoms with Crippen LogP contribution < -0.4 is 5.32 Å². The molecule has 0 spiro atoms. The van der Waals surface area contributed by atoms with E-state index in [2.05, 4.69) is 5.32 Å². The van der Waals surface area contributed by atoms with Gasteiger partial charge in [-0.15, -0.1) is 0 Å². The molecule has 6 nitrogen and oxygen atoms in total. The van der Waals surface area contributed by atoms with Gasteiger partial charge >= 0.3 is 5.88 Å². The fourth-order valence-corrected chi connectivity index (χ4v) is 0.942. The Balaban J connectivity index is 2.55. The monoisotopic (exact) mass is 214 g/mol. The van der Waals surface area contributed by atoms with E-state index < -0.39 is 10.5 Å². The van der Waals surface area contributed by atoms with Crippen LogP contribution in [0.4, 0.5) is 5.88 Å². The number of aliphatic hydroxyl groups is 1. The third-order valence-corrected chi connectivity index (χ3v) is 1.96. The molecule has 84 valence electrons. The number of hydrogen-bond acceptors (Lipinski definition) is 5. The first kappa shape index (κ1) is 11.7. The lowest BCUT2D eigenvalue weighted by molar-refractivity contribution is -0.402. The third kappa shape index (κ3) is 3.34. The maximum Gasteiger partial charge on any atom is 0.433 e. The zero-order valence-corrected chi connectivity index (χ0v) is 8.69. The number of nitrogens with one attached hydrogen (secondary N) is 1. The van der Waals surface area contributed by atoms with Crippen molar-refractivity contribution in [2.45, 2.75) is 25.9 Å². The van der Waals surface area contributed by atoms with E-state index in [1.54, 1.807) is 6.07 Å². The second-order valence-corrected chi connectivity index (χ2v) is 3.89. The summed E-state index contributed by atoms with van der Waals surface area (Å²) in [6.45, 7) is 3.98. The van der Waals surface area contributed by atoms with Crippen molar-refractivity contribution < 1.29 is 14.4 Å². The first-order valence-corrected chi connectivity index (χ1v) is 4.53. The molecule has 0 saturated heterocycles. The van der Waals surface area contributed by atoms with Crippen molar-refractivity contribution in [3.8, 4) is 0 Å². The van der Waals surface area contributed by atoms with Crippen molar-refractivity contribution in [2.24, 2.45) is 0 Å². The van der Waals surface area contributed by atoms with Gasteiger partial charge in [-0.3, -0.25) is 10.1 Å². The summed E-state index contributed by atoms with van der Waals surface area (Å²) in [4.78, 5) is 9.74. The Morgan fingerprint density at radius 2 is 2.27 bits per heavy atom. The average molecular weight is 214 g/mol. The molecule has 0 fully saturated rings. The quantitative estimate of drug-likeness (QED) is 0.565.